The lowest BCUT2D eigenvalue weighted by Gasteiger charge is -2.18. The third kappa shape index (κ3) is 6.03. The van der Waals surface area contributed by atoms with Crippen LogP contribution in [-0.4, -0.2) is 43.3 Å². The summed E-state index contributed by atoms with van der Waals surface area (Å²) in [6.45, 7) is 4.11. The van der Waals surface area contributed by atoms with Gasteiger partial charge in [-0.15, -0.1) is 22.8 Å². The van der Waals surface area contributed by atoms with Crippen LogP contribution in [0.3, 0.4) is 0 Å². The van der Waals surface area contributed by atoms with Gasteiger partial charge in [-0.25, -0.2) is 9.78 Å². The van der Waals surface area contributed by atoms with E-state index in [0.717, 1.165) is 47.2 Å². The summed E-state index contributed by atoms with van der Waals surface area (Å²) in [4.78, 5) is 32.0. The van der Waals surface area contributed by atoms with Crippen molar-refractivity contribution in [2.75, 3.05) is 7.11 Å². The Labute approximate surface area is 249 Å². The van der Waals surface area contributed by atoms with Gasteiger partial charge in [0.05, 0.1) is 24.9 Å². The summed E-state index contributed by atoms with van der Waals surface area (Å²) < 4.78 is 6.61. The van der Waals surface area contributed by atoms with Crippen molar-refractivity contribution in [3.8, 4) is 22.5 Å². The second-order valence-corrected chi connectivity index (χ2v) is 10.5. The first kappa shape index (κ1) is 28.9. The van der Waals surface area contributed by atoms with Gasteiger partial charge in [0.2, 0.25) is 5.82 Å². The summed E-state index contributed by atoms with van der Waals surface area (Å²) in [6, 6.07) is 21.3. The van der Waals surface area contributed by atoms with Crippen LogP contribution in [0.15, 0.2) is 76.4 Å². The Hall–Kier alpha value is -4.57. The van der Waals surface area contributed by atoms with Crippen molar-refractivity contribution in [1.29, 1.82) is 0 Å². The van der Waals surface area contributed by atoms with Gasteiger partial charge in [0.1, 0.15) is 5.82 Å². The number of unbranched alkanes of at least 4 members (excludes halogenated alkanes) is 1. The Kier molecular flexibility index (Phi) is 8.92. The fourth-order valence-electron chi connectivity index (χ4n) is 5.08. The van der Waals surface area contributed by atoms with Gasteiger partial charge in [0, 0.05) is 22.4 Å². The summed E-state index contributed by atoms with van der Waals surface area (Å²) in [7, 11) is 1.34. The number of carbonyl (C=O) groups excluding carboxylic acids is 1. The molecule has 0 fully saturated rings. The van der Waals surface area contributed by atoms with Crippen LogP contribution in [0.1, 0.15) is 58.3 Å². The third-order valence-electron chi connectivity index (χ3n) is 7.34. The minimum Gasteiger partial charge on any atom is -0.465 e. The number of rotatable bonds is 10. The molecule has 0 bridgehead atoms. The number of nitrogens with one attached hydrogen (secondary N) is 1. The van der Waals surface area contributed by atoms with Crippen LogP contribution in [0, 0.1) is 6.92 Å². The monoisotopic (exact) mass is 580 g/mol. The quantitative estimate of drug-likeness (QED) is 0.167. The Bertz CT molecular complexity index is 1760. The molecule has 0 spiro atoms. The molecule has 214 valence electrons. The molecule has 0 saturated carbocycles. The van der Waals surface area contributed by atoms with E-state index in [4.69, 9.17) is 9.72 Å². The zero-order valence-electron chi connectivity index (χ0n) is 23.8. The van der Waals surface area contributed by atoms with Crippen molar-refractivity contribution < 1.29 is 9.53 Å². The molecule has 0 unspecified atom stereocenters. The topological polar surface area (TPSA) is 116 Å². The molecule has 0 radical (unpaired) electrons. The molecule has 0 saturated heterocycles. The summed E-state index contributed by atoms with van der Waals surface area (Å²) in [6.07, 6.45) is 3.08. The maximum absolute atomic E-state index is 14.1. The predicted molar refractivity (Wildman–Crippen MR) is 164 cm³/mol. The third-order valence-corrected chi connectivity index (χ3v) is 7.76. The van der Waals surface area contributed by atoms with Crippen LogP contribution in [0.4, 0.5) is 0 Å². The number of hydrogen-bond acceptors (Lipinski definition) is 8. The number of ether oxygens (including phenoxy) is 1. The number of thiol groups is 1. The molecule has 0 aliphatic carbocycles. The maximum atomic E-state index is 14.1. The summed E-state index contributed by atoms with van der Waals surface area (Å²) in [5.41, 5.74) is 6.22. The SMILES string of the molecule is CCCCc1nc(C)n(Cc2c(S)cccc2C(=O)OC)c(=O)c1Cc1ccc(-c2ccccc2-c2nn[nH]n2)cc1. The molecule has 0 amide bonds. The molecule has 5 aromatic rings. The number of H-pyrrole nitrogens is 1. The first-order valence-electron chi connectivity index (χ1n) is 13.8. The normalized spacial score (nSPS) is 11.0. The Balaban J connectivity index is 1.51. The lowest BCUT2D eigenvalue weighted by atomic mass is 9.96. The van der Waals surface area contributed by atoms with Gasteiger partial charge >= 0.3 is 5.97 Å². The zero-order chi connectivity index (χ0) is 29.6. The second kappa shape index (κ2) is 12.9. The van der Waals surface area contributed by atoms with Gasteiger partial charge in [-0.3, -0.25) is 9.36 Å². The summed E-state index contributed by atoms with van der Waals surface area (Å²) >= 11 is 4.58. The first-order valence-corrected chi connectivity index (χ1v) is 14.3. The number of aromatic amines is 1. The average molecular weight is 581 g/mol. The minimum atomic E-state index is -0.472. The molecule has 3 aromatic carbocycles. The highest BCUT2D eigenvalue weighted by Gasteiger charge is 2.20. The average Bonchev–Trinajstić information content (AvgIpc) is 3.55. The number of methoxy groups -OCH3 is 1. The fraction of sp³-hybridized carbons (Fsp3) is 0.250. The van der Waals surface area contributed by atoms with E-state index in [9.17, 15) is 9.59 Å². The highest BCUT2D eigenvalue weighted by Crippen LogP contribution is 2.30. The van der Waals surface area contributed by atoms with Crippen LogP contribution in [-0.2, 0) is 24.1 Å². The minimum absolute atomic E-state index is 0.118. The first-order chi connectivity index (χ1) is 20.4. The van der Waals surface area contributed by atoms with Crippen molar-refractivity contribution in [2.24, 2.45) is 0 Å². The molecular formula is C32H32N6O3S. The van der Waals surface area contributed by atoms with Gasteiger partial charge in [-0.1, -0.05) is 67.9 Å². The molecule has 10 heteroatoms. The van der Waals surface area contributed by atoms with Gasteiger partial charge in [-0.05, 0) is 59.4 Å². The van der Waals surface area contributed by atoms with Crippen LogP contribution in [0.5, 0.6) is 0 Å². The predicted octanol–water partition coefficient (Wildman–Crippen LogP) is 5.46. The van der Waals surface area contributed by atoms with Crippen LogP contribution in [0.25, 0.3) is 22.5 Å². The van der Waals surface area contributed by atoms with E-state index < -0.39 is 5.97 Å². The number of tetrazole rings is 1. The van der Waals surface area contributed by atoms with E-state index in [1.165, 1.54) is 7.11 Å². The van der Waals surface area contributed by atoms with Crippen molar-refractivity contribution in [2.45, 2.75) is 51.0 Å². The summed E-state index contributed by atoms with van der Waals surface area (Å²) in [5.74, 6) is 0.649. The van der Waals surface area contributed by atoms with Crippen molar-refractivity contribution in [3.63, 3.8) is 0 Å². The van der Waals surface area contributed by atoms with Crippen LogP contribution >= 0.6 is 12.6 Å². The Morgan fingerprint density at radius 3 is 2.45 bits per heavy atom. The number of hydrogen-bond donors (Lipinski definition) is 2. The molecule has 9 nitrogen and oxygen atoms in total. The lowest BCUT2D eigenvalue weighted by molar-refractivity contribution is 0.0599. The van der Waals surface area contributed by atoms with Crippen molar-refractivity contribution >= 4 is 18.6 Å². The zero-order valence-corrected chi connectivity index (χ0v) is 24.7. The number of nitrogens with zero attached hydrogens (tertiary/aromatic N) is 5. The van der Waals surface area contributed by atoms with Crippen LogP contribution in [0.2, 0.25) is 0 Å². The van der Waals surface area contributed by atoms with Gasteiger partial charge < -0.3 is 4.74 Å². The fourth-order valence-corrected chi connectivity index (χ4v) is 5.36. The second-order valence-electron chi connectivity index (χ2n) is 10.0. The van der Waals surface area contributed by atoms with E-state index in [-0.39, 0.29) is 12.1 Å². The van der Waals surface area contributed by atoms with E-state index in [1.807, 2.05) is 55.5 Å². The molecule has 0 aliphatic rings. The van der Waals surface area contributed by atoms with Gasteiger partial charge in [0.15, 0.2) is 0 Å². The lowest BCUT2D eigenvalue weighted by Crippen LogP contribution is -2.30. The maximum Gasteiger partial charge on any atom is 0.338 e. The number of carbonyl (C=O) groups is 1. The molecule has 1 N–H and O–H groups in total. The van der Waals surface area contributed by atoms with Gasteiger partial charge in [-0.2, -0.15) is 5.21 Å². The van der Waals surface area contributed by atoms with Crippen molar-refractivity contribution in [1.82, 2.24) is 30.2 Å². The van der Waals surface area contributed by atoms with E-state index in [1.54, 1.807) is 22.8 Å². The Morgan fingerprint density at radius 1 is 1.00 bits per heavy atom. The molecule has 2 heterocycles. The molecule has 42 heavy (non-hydrogen) atoms. The molecule has 2 aromatic heterocycles. The van der Waals surface area contributed by atoms with Crippen molar-refractivity contribution in [3.05, 3.63) is 111 Å². The highest BCUT2D eigenvalue weighted by atomic mass is 32.1. The van der Waals surface area contributed by atoms with E-state index >= 15 is 0 Å². The number of aryl methyl sites for hydroxylation is 2. The Morgan fingerprint density at radius 2 is 1.76 bits per heavy atom. The van der Waals surface area contributed by atoms with E-state index in [2.05, 4.69) is 40.2 Å². The number of esters is 1. The van der Waals surface area contributed by atoms with Gasteiger partial charge in [0.25, 0.3) is 5.56 Å². The number of benzene rings is 3. The summed E-state index contributed by atoms with van der Waals surface area (Å²) in [5, 5.41) is 14.5. The smallest absolute Gasteiger partial charge is 0.338 e. The molecular weight excluding hydrogens is 548 g/mol. The number of aromatic nitrogens is 6. The largest absolute Gasteiger partial charge is 0.465 e. The molecule has 0 atom stereocenters. The standard InChI is InChI=1S/C32H32N6O3S/c1-4-5-12-28-26(31(39)38(20(2)33-28)19-27-25(32(40)41-3)11-8-13-29(27)42)18-21-14-16-22(17-15-21)23-9-6-7-10-24(23)30-34-36-37-35-30/h6-11,13-17,42H,4-5,12,18-19H2,1-3H3,(H,34,35,36,37). The van der Waals surface area contributed by atoms with Crippen LogP contribution < -0.4 is 5.56 Å². The highest BCUT2D eigenvalue weighted by molar-refractivity contribution is 7.80. The van der Waals surface area contributed by atoms with E-state index in [0.29, 0.717) is 39.7 Å². The molecule has 5 rings (SSSR count). The molecule has 0 aliphatic heterocycles.